The summed E-state index contributed by atoms with van der Waals surface area (Å²) in [7, 11) is 0. The number of carboxylic acids is 1. The van der Waals surface area contributed by atoms with Gasteiger partial charge in [0.1, 0.15) is 6.04 Å². The molecule has 4 nitrogen and oxygen atoms in total. The van der Waals surface area contributed by atoms with E-state index in [1.807, 2.05) is 20.8 Å². The molecular formula is C10H19NO3. The molecule has 0 aliphatic carbocycles. The van der Waals surface area contributed by atoms with Gasteiger partial charge in [-0.3, -0.25) is 9.59 Å². The molecule has 4 heteroatoms. The molecule has 0 heterocycles. The largest absolute Gasteiger partial charge is 0.480 e. The molecule has 0 fully saturated rings. The van der Waals surface area contributed by atoms with Crippen LogP contribution < -0.4 is 5.32 Å². The maximum absolute atomic E-state index is 11.5. The normalized spacial score (nSPS) is 16.9. The SMILES string of the molecule is CCC(C)C(C)C(=O)N[C@@H](C)C(=O)O. The van der Waals surface area contributed by atoms with Gasteiger partial charge in [-0.1, -0.05) is 27.2 Å². The first-order valence-corrected chi connectivity index (χ1v) is 4.93. The number of rotatable bonds is 5. The molecule has 0 aromatic rings. The summed E-state index contributed by atoms with van der Waals surface area (Å²) in [6.07, 6.45) is 0.913. The second-order valence-electron chi connectivity index (χ2n) is 3.74. The number of nitrogens with one attached hydrogen (secondary N) is 1. The molecule has 0 radical (unpaired) electrons. The summed E-state index contributed by atoms with van der Waals surface area (Å²) >= 11 is 0. The smallest absolute Gasteiger partial charge is 0.325 e. The van der Waals surface area contributed by atoms with E-state index >= 15 is 0 Å². The van der Waals surface area contributed by atoms with Gasteiger partial charge in [-0.05, 0) is 12.8 Å². The molecule has 0 spiro atoms. The zero-order valence-electron chi connectivity index (χ0n) is 9.20. The molecule has 82 valence electrons. The van der Waals surface area contributed by atoms with Crippen LogP contribution in [0.25, 0.3) is 0 Å². The van der Waals surface area contributed by atoms with Gasteiger partial charge in [0.2, 0.25) is 5.91 Å². The van der Waals surface area contributed by atoms with Gasteiger partial charge < -0.3 is 10.4 Å². The van der Waals surface area contributed by atoms with Crippen molar-refractivity contribution in [3.63, 3.8) is 0 Å². The summed E-state index contributed by atoms with van der Waals surface area (Å²) in [4.78, 5) is 22.0. The molecule has 2 unspecified atom stereocenters. The van der Waals surface area contributed by atoms with Crippen molar-refractivity contribution < 1.29 is 14.7 Å². The lowest BCUT2D eigenvalue weighted by Gasteiger charge is -2.19. The van der Waals surface area contributed by atoms with E-state index in [-0.39, 0.29) is 17.7 Å². The molecule has 0 aromatic heterocycles. The van der Waals surface area contributed by atoms with Crippen LogP contribution in [-0.4, -0.2) is 23.0 Å². The lowest BCUT2D eigenvalue weighted by atomic mass is 9.93. The van der Waals surface area contributed by atoms with Gasteiger partial charge in [0.25, 0.3) is 0 Å². The summed E-state index contributed by atoms with van der Waals surface area (Å²) in [6.45, 7) is 7.27. The molecule has 2 N–H and O–H groups in total. The number of carbonyl (C=O) groups is 2. The predicted octanol–water partition coefficient (Wildman–Crippen LogP) is 1.26. The molecule has 0 aliphatic heterocycles. The Morgan fingerprint density at radius 1 is 1.29 bits per heavy atom. The van der Waals surface area contributed by atoms with Gasteiger partial charge in [0.05, 0.1) is 0 Å². The number of carbonyl (C=O) groups excluding carboxylic acids is 1. The minimum atomic E-state index is -1.00. The van der Waals surface area contributed by atoms with Crippen LogP contribution in [-0.2, 0) is 9.59 Å². The Morgan fingerprint density at radius 2 is 1.79 bits per heavy atom. The van der Waals surface area contributed by atoms with Gasteiger partial charge >= 0.3 is 5.97 Å². The van der Waals surface area contributed by atoms with Crippen LogP contribution >= 0.6 is 0 Å². The molecule has 0 aromatic carbocycles. The summed E-state index contributed by atoms with van der Waals surface area (Å²) in [6, 6.07) is -0.811. The number of carboxylic acid groups (broad SMARTS) is 1. The summed E-state index contributed by atoms with van der Waals surface area (Å²) in [5.41, 5.74) is 0. The van der Waals surface area contributed by atoms with E-state index in [1.54, 1.807) is 0 Å². The fourth-order valence-electron chi connectivity index (χ4n) is 1.02. The third-order valence-corrected chi connectivity index (χ3v) is 2.64. The number of hydrogen-bond donors (Lipinski definition) is 2. The van der Waals surface area contributed by atoms with Crippen LogP contribution in [0.5, 0.6) is 0 Å². The van der Waals surface area contributed by atoms with E-state index in [0.29, 0.717) is 0 Å². The fourth-order valence-corrected chi connectivity index (χ4v) is 1.02. The van der Waals surface area contributed by atoms with Gasteiger partial charge in [0.15, 0.2) is 0 Å². The molecule has 1 amide bonds. The van der Waals surface area contributed by atoms with Crippen LogP contribution in [0.1, 0.15) is 34.1 Å². The highest BCUT2D eigenvalue weighted by molar-refractivity contribution is 5.84. The minimum Gasteiger partial charge on any atom is -0.480 e. The van der Waals surface area contributed by atoms with Gasteiger partial charge in [-0.15, -0.1) is 0 Å². The Balaban J connectivity index is 4.14. The zero-order valence-corrected chi connectivity index (χ0v) is 9.20. The van der Waals surface area contributed by atoms with Crippen molar-refractivity contribution in [2.75, 3.05) is 0 Å². The molecular weight excluding hydrogens is 182 g/mol. The van der Waals surface area contributed by atoms with E-state index < -0.39 is 12.0 Å². The highest BCUT2D eigenvalue weighted by atomic mass is 16.4. The van der Waals surface area contributed by atoms with Crippen molar-refractivity contribution in [1.29, 1.82) is 0 Å². The van der Waals surface area contributed by atoms with E-state index in [1.165, 1.54) is 6.92 Å². The van der Waals surface area contributed by atoms with Crippen molar-refractivity contribution in [3.05, 3.63) is 0 Å². The molecule has 0 aliphatic rings. The van der Waals surface area contributed by atoms with E-state index in [2.05, 4.69) is 5.32 Å². The van der Waals surface area contributed by atoms with Crippen LogP contribution in [0.4, 0.5) is 0 Å². The Hall–Kier alpha value is -1.06. The van der Waals surface area contributed by atoms with Crippen LogP contribution in [0.3, 0.4) is 0 Å². The Kier molecular flexibility index (Phi) is 5.20. The van der Waals surface area contributed by atoms with Crippen LogP contribution in [0, 0.1) is 11.8 Å². The predicted molar refractivity (Wildman–Crippen MR) is 53.9 cm³/mol. The average molecular weight is 201 g/mol. The second kappa shape index (κ2) is 5.62. The summed E-state index contributed by atoms with van der Waals surface area (Å²) in [5.74, 6) is -1.05. The lowest BCUT2D eigenvalue weighted by Crippen LogP contribution is -2.42. The first-order chi connectivity index (χ1) is 6.40. The zero-order chi connectivity index (χ0) is 11.3. The molecule has 0 saturated heterocycles. The Bertz CT molecular complexity index is 215. The quantitative estimate of drug-likeness (QED) is 0.703. The Morgan fingerprint density at radius 3 is 2.14 bits per heavy atom. The summed E-state index contributed by atoms with van der Waals surface area (Å²) in [5, 5.41) is 11.0. The third-order valence-electron chi connectivity index (χ3n) is 2.64. The maximum atomic E-state index is 11.5. The van der Waals surface area contributed by atoms with Crippen molar-refractivity contribution in [3.8, 4) is 0 Å². The van der Waals surface area contributed by atoms with Gasteiger partial charge in [-0.2, -0.15) is 0 Å². The molecule has 0 saturated carbocycles. The number of aliphatic carboxylic acids is 1. The van der Waals surface area contributed by atoms with Crippen molar-refractivity contribution in [1.82, 2.24) is 5.32 Å². The number of amides is 1. The van der Waals surface area contributed by atoms with Crippen LogP contribution in [0.15, 0.2) is 0 Å². The third kappa shape index (κ3) is 3.77. The average Bonchev–Trinajstić information content (AvgIpc) is 2.14. The topological polar surface area (TPSA) is 66.4 Å². The molecule has 0 rings (SSSR count). The Labute approximate surface area is 84.7 Å². The van der Waals surface area contributed by atoms with Crippen molar-refractivity contribution in [2.45, 2.75) is 40.2 Å². The van der Waals surface area contributed by atoms with Crippen molar-refractivity contribution >= 4 is 11.9 Å². The van der Waals surface area contributed by atoms with E-state index in [9.17, 15) is 9.59 Å². The molecule has 3 atom stereocenters. The van der Waals surface area contributed by atoms with E-state index in [4.69, 9.17) is 5.11 Å². The number of hydrogen-bond acceptors (Lipinski definition) is 2. The fraction of sp³-hybridized carbons (Fsp3) is 0.800. The van der Waals surface area contributed by atoms with Gasteiger partial charge in [0, 0.05) is 5.92 Å². The summed E-state index contributed by atoms with van der Waals surface area (Å²) < 4.78 is 0. The standard InChI is InChI=1S/C10H19NO3/c1-5-6(2)7(3)9(12)11-8(4)10(13)14/h6-8H,5H2,1-4H3,(H,11,12)(H,13,14)/t6?,7?,8-/m0/s1. The van der Waals surface area contributed by atoms with E-state index in [0.717, 1.165) is 6.42 Å². The first kappa shape index (κ1) is 12.9. The maximum Gasteiger partial charge on any atom is 0.325 e. The van der Waals surface area contributed by atoms with Crippen LogP contribution in [0.2, 0.25) is 0 Å². The van der Waals surface area contributed by atoms with Gasteiger partial charge in [-0.25, -0.2) is 0 Å². The monoisotopic (exact) mass is 201 g/mol. The lowest BCUT2D eigenvalue weighted by molar-refractivity contribution is -0.142. The van der Waals surface area contributed by atoms with Crippen molar-refractivity contribution in [2.24, 2.45) is 11.8 Å². The minimum absolute atomic E-state index is 0.137. The second-order valence-corrected chi connectivity index (χ2v) is 3.74. The molecule has 14 heavy (non-hydrogen) atoms. The molecule has 0 bridgehead atoms. The highest BCUT2D eigenvalue weighted by Crippen LogP contribution is 2.14. The highest BCUT2D eigenvalue weighted by Gasteiger charge is 2.22. The first-order valence-electron chi connectivity index (χ1n) is 4.93.